The Morgan fingerprint density at radius 3 is 2.81 bits per heavy atom. The number of urea groups is 1. The molecule has 3 amide bonds. The Labute approximate surface area is 96.1 Å². The van der Waals surface area contributed by atoms with Crippen molar-refractivity contribution in [1.29, 1.82) is 0 Å². The van der Waals surface area contributed by atoms with Crippen molar-refractivity contribution in [2.24, 2.45) is 5.10 Å². The van der Waals surface area contributed by atoms with E-state index in [9.17, 15) is 9.59 Å². The molecule has 1 aromatic heterocycles. The Balaban J connectivity index is 2.17. The highest BCUT2D eigenvalue weighted by Crippen LogP contribution is 2.16. The quantitative estimate of drug-likeness (QED) is 0.612. The third-order valence-corrected chi connectivity index (χ3v) is 2.68. The van der Waals surface area contributed by atoms with Gasteiger partial charge in [0.25, 0.3) is 5.91 Å². The Kier molecular flexibility index (Phi) is 2.47. The van der Waals surface area contributed by atoms with Gasteiger partial charge in [-0.2, -0.15) is 9.47 Å². The van der Waals surface area contributed by atoms with Gasteiger partial charge in [0, 0.05) is 5.38 Å². The topological polar surface area (TPSA) is 74.7 Å². The number of hydrazone groups is 1. The van der Waals surface area contributed by atoms with Crippen LogP contribution in [0.15, 0.2) is 16.5 Å². The summed E-state index contributed by atoms with van der Waals surface area (Å²) in [5, 5.41) is 8.95. The van der Waals surface area contributed by atoms with Crippen molar-refractivity contribution in [1.82, 2.24) is 14.7 Å². The van der Waals surface area contributed by atoms with Gasteiger partial charge in [-0.05, 0) is 31.4 Å². The molecule has 1 fully saturated rings. The van der Waals surface area contributed by atoms with E-state index in [0.717, 1.165) is 5.01 Å². The fourth-order valence-corrected chi connectivity index (χ4v) is 1.73. The van der Waals surface area contributed by atoms with Gasteiger partial charge in [-0.1, -0.05) is 0 Å². The molecule has 1 saturated heterocycles. The number of carbonyl (C=O) groups excluding carboxylic acids is 2. The molecule has 1 aliphatic heterocycles. The first kappa shape index (κ1) is 10.7. The first-order chi connectivity index (χ1) is 7.50. The van der Waals surface area contributed by atoms with Crippen LogP contribution in [-0.2, 0) is 4.79 Å². The smallest absolute Gasteiger partial charge is 0.322 e. The number of nitrogens with one attached hydrogen (secondary N) is 1. The number of rotatable bonds is 2. The molecule has 0 aliphatic carbocycles. The summed E-state index contributed by atoms with van der Waals surface area (Å²) in [6, 6.07) is 1.24. The molecule has 0 aromatic carbocycles. The molecule has 84 valence electrons. The van der Waals surface area contributed by atoms with Gasteiger partial charge in [0.05, 0.1) is 11.9 Å². The minimum Gasteiger partial charge on any atom is -0.322 e. The highest BCUT2D eigenvalue weighted by atomic mass is 32.1. The monoisotopic (exact) mass is 238 g/mol. The molecule has 0 spiro atoms. The molecule has 0 atom stereocenters. The largest absolute Gasteiger partial charge is 0.346 e. The fraction of sp³-hybridized carbons (Fsp3) is 0.333. The number of hydrogen-bond acceptors (Lipinski definition) is 5. The Hall–Kier alpha value is -1.76. The highest BCUT2D eigenvalue weighted by molar-refractivity contribution is 7.03. The highest BCUT2D eigenvalue weighted by Gasteiger charge is 2.44. The maximum absolute atomic E-state index is 11.7. The number of hydrogen-bond donors (Lipinski definition) is 1. The molecule has 16 heavy (non-hydrogen) atoms. The summed E-state index contributed by atoms with van der Waals surface area (Å²) < 4.78 is 3.99. The molecule has 2 heterocycles. The summed E-state index contributed by atoms with van der Waals surface area (Å²) in [5.41, 5.74) is -0.272. The summed E-state index contributed by atoms with van der Waals surface area (Å²) >= 11 is 1.28. The summed E-state index contributed by atoms with van der Waals surface area (Å²) in [6.07, 6.45) is 1.38. The lowest BCUT2D eigenvalue weighted by Gasteiger charge is -2.12. The summed E-state index contributed by atoms with van der Waals surface area (Å²) in [6.45, 7) is 3.26. The molecule has 1 aromatic rings. The first-order valence-electron chi connectivity index (χ1n) is 4.62. The van der Waals surface area contributed by atoms with Crippen LogP contribution in [0.25, 0.3) is 0 Å². The van der Waals surface area contributed by atoms with Crippen molar-refractivity contribution in [2.75, 3.05) is 0 Å². The van der Waals surface area contributed by atoms with Crippen molar-refractivity contribution in [3.63, 3.8) is 0 Å². The third kappa shape index (κ3) is 1.81. The molecule has 1 N–H and O–H groups in total. The van der Waals surface area contributed by atoms with Gasteiger partial charge in [-0.3, -0.25) is 4.79 Å². The van der Waals surface area contributed by atoms with Crippen molar-refractivity contribution >= 4 is 29.7 Å². The number of imide groups is 1. The molecule has 7 heteroatoms. The predicted molar refractivity (Wildman–Crippen MR) is 59.2 cm³/mol. The van der Waals surface area contributed by atoms with Crippen LogP contribution in [0, 0.1) is 0 Å². The molecule has 0 bridgehead atoms. The molecule has 0 unspecified atom stereocenters. The van der Waals surface area contributed by atoms with Crippen molar-refractivity contribution < 1.29 is 9.59 Å². The Morgan fingerprint density at radius 1 is 1.56 bits per heavy atom. The third-order valence-electron chi connectivity index (χ3n) is 2.10. The van der Waals surface area contributed by atoms with E-state index in [1.807, 2.05) is 0 Å². The average Bonchev–Trinajstić information content (AvgIpc) is 2.74. The van der Waals surface area contributed by atoms with Crippen molar-refractivity contribution in [3.8, 4) is 0 Å². The SMILES string of the molecule is CC1(C)NC(=O)N(/N=C/c2ccsn2)C1=O. The van der Waals surface area contributed by atoms with Crippen LogP contribution in [0.3, 0.4) is 0 Å². The minimum absolute atomic E-state index is 0.371. The van der Waals surface area contributed by atoms with E-state index in [1.165, 1.54) is 17.7 Å². The second-order valence-corrected chi connectivity index (χ2v) is 4.51. The van der Waals surface area contributed by atoms with Crippen LogP contribution >= 0.6 is 11.5 Å². The van der Waals surface area contributed by atoms with E-state index in [0.29, 0.717) is 5.69 Å². The number of aromatic nitrogens is 1. The van der Waals surface area contributed by atoms with Crippen molar-refractivity contribution in [2.45, 2.75) is 19.4 Å². The molecular weight excluding hydrogens is 228 g/mol. The summed E-state index contributed by atoms with van der Waals surface area (Å²) in [7, 11) is 0. The van der Waals surface area contributed by atoms with Crippen LogP contribution < -0.4 is 5.32 Å². The number of amides is 3. The van der Waals surface area contributed by atoms with Crippen LogP contribution in [0.2, 0.25) is 0 Å². The van der Waals surface area contributed by atoms with Gasteiger partial charge < -0.3 is 5.32 Å². The number of nitrogens with zero attached hydrogens (tertiary/aromatic N) is 3. The van der Waals surface area contributed by atoms with E-state index in [2.05, 4.69) is 14.8 Å². The van der Waals surface area contributed by atoms with Crippen LogP contribution in [0.5, 0.6) is 0 Å². The molecule has 1 aliphatic rings. The van der Waals surface area contributed by atoms with Crippen LogP contribution in [0.4, 0.5) is 4.79 Å². The Bertz CT molecular complexity index is 452. The van der Waals surface area contributed by atoms with Gasteiger partial charge in [-0.15, -0.1) is 5.01 Å². The van der Waals surface area contributed by atoms with Crippen LogP contribution in [0.1, 0.15) is 19.5 Å². The number of carbonyl (C=O) groups is 2. The van der Waals surface area contributed by atoms with Gasteiger partial charge in [-0.25, -0.2) is 4.79 Å². The van der Waals surface area contributed by atoms with Gasteiger partial charge in [0.2, 0.25) is 0 Å². The van der Waals surface area contributed by atoms with E-state index in [1.54, 1.807) is 25.3 Å². The average molecular weight is 238 g/mol. The van der Waals surface area contributed by atoms with E-state index in [-0.39, 0.29) is 5.91 Å². The van der Waals surface area contributed by atoms with Gasteiger partial charge in [0.15, 0.2) is 0 Å². The molecule has 0 radical (unpaired) electrons. The van der Waals surface area contributed by atoms with E-state index in [4.69, 9.17) is 0 Å². The van der Waals surface area contributed by atoms with Gasteiger partial charge >= 0.3 is 6.03 Å². The van der Waals surface area contributed by atoms with Gasteiger partial charge in [0.1, 0.15) is 5.54 Å². The minimum atomic E-state index is -0.892. The summed E-state index contributed by atoms with van der Waals surface area (Å²) in [4.78, 5) is 23.1. The molecule has 0 saturated carbocycles. The zero-order chi connectivity index (χ0) is 11.8. The lowest BCUT2D eigenvalue weighted by atomic mass is 10.1. The predicted octanol–water partition coefficient (Wildman–Crippen LogP) is 0.807. The lowest BCUT2D eigenvalue weighted by Crippen LogP contribution is -2.39. The molecule has 6 nitrogen and oxygen atoms in total. The van der Waals surface area contributed by atoms with E-state index < -0.39 is 11.6 Å². The second kappa shape index (κ2) is 3.67. The summed E-state index contributed by atoms with van der Waals surface area (Å²) in [5.74, 6) is -0.371. The standard InChI is InChI=1S/C9H10N4O2S/c1-9(2)7(14)13(8(15)11-9)10-5-6-3-4-16-12-6/h3-5H,1-2H3,(H,11,15)/b10-5+. The normalized spacial score (nSPS) is 19.5. The van der Waals surface area contributed by atoms with E-state index >= 15 is 0 Å². The van der Waals surface area contributed by atoms with Crippen LogP contribution in [-0.4, -0.2) is 33.1 Å². The van der Waals surface area contributed by atoms with Crippen molar-refractivity contribution in [3.05, 3.63) is 17.1 Å². The molecule has 2 rings (SSSR count). The lowest BCUT2D eigenvalue weighted by molar-refractivity contribution is -0.130. The first-order valence-corrected chi connectivity index (χ1v) is 5.45. The maximum Gasteiger partial charge on any atom is 0.346 e. The zero-order valence-corrected chi connectivity index (χ0v) is 9.61. The zero-order valence-electron chi connectivity index (χ0n) is 8.80. The fourth-order valence-electron chi connectivity index (χ4n) is 1.24. The Morgan fingerprint density at radius 2 is 2.31 bits per heavy atom. The molecular formula is C9H10N4O2S. The maximum atomic E-state index is 11.7. The second-order valence-electron chi connectivity index (χ2n) is 3.84.